The highest BCUT2D eigenvalue weighted by molar-refractivity contribution is 5.82. The minimum Gasteiger partial charge on any atom is -0.361 e. The lowest BCUT2D eigenvalue weighted by molar-refractivity contribution is 1.40. The molecule has 0 saturated carbocycles. The molecule has 0 amide bonds. The van der Waals surface area contributed by atoms with E-state index in [0.29, 0.717) is 0 Å². The molecule has 1 heterocycles. The summed E-state index contributed by atoms with van der Waals surface area (Å²) in [5, 5.41) is 0. The summed E-state index contributed by atoms with van der Waals surface area (Å²) in [6.45, 7) is 0. The quantitative estimate of drug-likeness (QED) is 0.476. The smallest absolute Gasteiger partial charge is 0.0533 e. The molecule has 0 aliphatic rings. The van der Waals surface area contributed by atoms with E-state index in [2.05, 4.69) is 83.8 Å². The molecule has 0 atom stereocenters. The Hall–Kier alpha value is -3.06. The van der Waals surface area contributed by atoms with Crippen LogP contribution in [0.5, 0.6) is 0 Å². The number of aromatic nitrogens is 1. The highest BCUT2D eigenvalue weighted by Crippen LogP contribution is 2.32. The van der Waals surface area contributed by atoms with Crippen LogP contribution in [0.1, 0.15) is 0 Å². The standard InChI is InChI=1S/C22H17N/c1-3-7-17(8-4-1)18-11-13-20(14-12-18)22-21(15-16-23-22)19-9-5-2-6-10-19/h1-16,23H. The van der Waals surface area contributed by atoms with Crippen LogP contribution < -0.4 is 0 Å². The van der Waals surface area contributed by atoms with Gasteiger partial charge in [-0.05, 0) is 28.3 Å². The van der Waals surface area contributed by atoms with E-state index in [9.17, 15) is 0 Å². The number of H-pyrrole nitrogens is 1. The molecule has 1 heteroatoms. The Morgan fingerprint density at radius 2 is 0.957 bits per heavy atom. The average molecular weight is 295 g/mol. The minimum absolute atomic E-state index is 1.16. The van der Waals surface area contributed by atoms with Crippen LogP contribution in [-0.2, 0) is 0 Å². The van der Waals surface area contributed by atoms with Crippen LogP contribution in [0.4, 0.5) is 0 Å². The SMILES string of the molecule is c1ccc(-c2ccc(-c3[nH]ccc3-c3ccccc3)cc2)cc1. The molecule has 1 nitrogen and oxygen atoms in total. The molecule has 4 aromatic rings. The fraction of sp³-hybridized carbons (Fsp3) is 0. The van der Waals surface area contributed by atoms with E-state index >= 15 is 0 Å². The molecule has 0 bridgehead atoms. The lowest BCUT2D eigenvalue weighted by Crippen LogP contribution is -1.83. The van der Waals surface area contributed by atoms with Gasteiger partial charge in [0.05, 0.1) is 5.69 Å². The van der Waals surface area contributed by atoms with Crippen molar-refractivity contribution in [3.8, 4) is 33.5 Å². The average Bonchev–Trinajstić information content (AvgIpc) is 3.13. The Morgan fingerprint density at radius 3 is 1.61 bits per heavy atom. The second kappa shape index (κ2) is 5.98. The first-order valence-electron chi connectivity index (χ1n) is 7.80. The van der Waals surface area contributed by atoms with Gasteiger partial charge in [-0.1, -0.05) is 84.9 Å². The van der Waals surface area contributed by atoms with Crippen molar-refractivity contribution in [1.82, 2.24) is 4.98 Å². The molecule has 1 N–H and O–H groups in total. The van der Waals surface area contributed by atoms with Crippen molar-refractivity contribution in [2.24, 2.45) is 0 Å². The number of hydrogen-bond donors (Lipinski definition) is 1. The number of benzene rings is 3. The number of aromatic amines is 1. The van der Waals surface area contributed by atoms with Crippen LogP contribution in [0.2, 0.25) is 0 Å². The van der Waals surface area contributed by atoms with Crippen molar-refractivity contribution >= 4 is 0 Å². The van der Waals surface area contributed by atoms with Gasteiger partial charge in [0.25, 0.3) is 0 Å². The zero-order chi connectivity index (χ0) is 15.5. The zero-order valence-electron chi connectivity index (χ0n) is 12.7. The maximum absolute atomic E-state index is 3.38. The molecule has 0 radical (unpaired) electrons. The second-order valence-corrected chi connectivity index (χ2v) is 5.58. The van der Waals surface area contributed by atoms with Crippen molar-refractivity contribution in [3.63, 3.8) is 0 Å². The van der Waals surface area contributed by atoms with Gasteiger partial charge in [-0.2, -0.15) is 0 Å². The predicted molar refractivity (Wildman–Crippen MR) is 97.1 cm³/mol. The third kappa shape index (κ3) is 2.69. The van der Waals surface area contributed by atoms with Crippen molar-refractivity contribution in [3.05, 3.63) is 97.2 Å². The fourth-order valence-corrected chi connectivity index (χ4v) is 2.93. The Labute approximate surface area is 136 Å². The van der Waals surface area contributed by atoms with Gasteiger partial charge in [-0.15, -0.1) is 0 Å². The van der Waals surface area contributed by atoms with Crippen molar-refractivity contribution in [1.29, 1.82) is 0 Å². The molecule has 110 valence electrons. The van der Waals surface area contributed by atoms with Gasteiger partial charge in [0, 0.05) is 11.8 Å². The molecule has 0 aliphatic carbocycles. The van der Waals surface area contributed by atoms with Gasteiger partial charge in [0.1, 0.15) is 0 Å². The van der Waals surface area contributed by atoms with Crippen LogP contribution >= 0.6 is 0 Å². The molecule has 0 spiro atoms. The molecular formula is C22H17N. The summed E-state index contributed by atoms with van der Waals surface area (Å²) in [4.78, 5) is 3.38. The fourth-order valence-electron chi connectivity index (χ4n) is 2.93. The predicted octanol–water partition coefficient (Wildman–Crippen LogP) is 6.02. The number of hydrogen-bond acceptors (Lipinski definition) is 0. The van der Waals surface area contributed by atoms with E-state index in [1.807, 2.05) is 18.3 Å². The van der Waals surface area contributed by atoms with Gasteiger partial charge < -0.3 is 4.98 Å². The first kappa shape index (κ1) is 13.6. The molecule has 23 heavy (non-hydrogen) atoms. The number of rotatable bonds is 3. The Morgan fingerprint density at radius 1 is 0.435 bits per heavy atom. The molecular weight excluding hydrogens is 278 g/mol. The third-order valence-corrected chi connectivity index (χ3v) is 4.11. The van der Waals surface area contributed by atoms with E-state index in [-0.39, 0.29) is 0 Å². The van der Waals surface area contributed by atoms with Crippen molar-refractivity contribution in [2.45, 2.75) is 0 Å². The van der Waals surface area contributed by atoms with Gasteiger partial charge in [0.2, 0.25) is 0 Å². The van der Waals surface area contributed by atoms with Gasteiger partial charge >= 0.3 is 0 Å². The maximum atomic E-state index is 3.38. The molecule has 0 unspecified atom stereocenters. The second-order valence-electron chi connectivity index (χ2n) is 5.58. The highest BCUT2D eigenvalue weighted by Gasteiger charge is 2.08. The summed E-state index contributed by atoms with van der Waals surface area (Å²) in [6, 6.07) is 31.8. The minimum atomic E-state index is 1.16. The molecule has 0 saturated heterocycles. The monoisotopic (exact) mass is 295 g/mol. The van der Waals surface area contributed by atoms with Crippen LogP contribution in [-0.4, -0.2) is 4.98 Å². The number of nitrogens with one attached hydrogen (secondary N) is 1. The van der Waals surface area contributed by atoms with Gasteiger partial charge in [-0.25, -0.2) is 0 Å². The zero-order valence-corrected chi connectivity index (χ0v) is 12.7. The maximum Gasteiger partial charge on any atom is 0.0533 e. The molecule has 3 aromatic carbocycles. The Bertz CT molecular complexity index is 888. The third-order valence-electron chi connectivity index (χ3n) is 4.11. The first-order chi connectivity index (χ1) is 11.4. The summed E-state index contributed by atoms with van der Waals surface area (Å²) in [5.74, 6) is 0. The van der Waals surface area contributed by atoms with E-state index in [0.717, 1.165) is 5.69 Å². The molecule has 1 aromatic heterocycles. The van der Waals surface area contributed by atoms with Crippen molar-refractivity contribution < 1.29 is 0 Å². The van der Waals surface area contributed by atoms with E-state index < -0.39 is 0 Å². The summed E-state index contributed by atoms with van der Waals surface area (Å²) in [7, 11) is 0. The summed E-state index contributed by atoms with van der Waals surface area (Å²) < 4.78 is 0. The normalized spacial score (nSPS) is 10.6. The highest BCUT2D eigenvalue weighted by atomic mass is 14.7. The van der Waals surface area contributed by atoms with Gasteiger partial charge in [0.15, 0.2) is 0 Å². The molecule has 0 fully saturated rings. The van der Waals surface area contributed by atoms with E-state index in [1.165, 1.54) is 27.8 Å². The van der Waals surface area contributed by atoms with Crippen molar-refractivity contribution in [2.75, 3.05) is 0 Å². The summed E-state index contributed by atoms with van der Waals surface area (Å²) >= 11 is 0. The molecule has 4 rings (SSSR count). The van der Waals surface area contributed by atoms with E-state index in [4.69, 9.17) is 0 Å². The topological polar surface area (TPSA) is 15.8 Å². The first-order valence-corrected chi connectivity index (χ1v) is 7.80. The molecule has 0 aliphatic heterocycles. The van der Waals surface area contributed by atoms with Gasteiger partial charge in [-0.3, -0.25) is 0 Å². The Balaban J connectivity index is 1.72. The van der Waals surface area contributed by atoms with E-state index in [1.54, 1.807) is 0 Å². The summed E-state index contributed by atoms with van der Waals surface area (Å²) in [5.41, 5.74) is 7.31. The van der Waals surface area contributed by atoms with Crippen LogP contribution in [0.15, 0.2) is 97.2 Å². The van der Waals surface area contributed by atoms with Crippen LogP contribution in [0.3, 0.4) is 0 Å². The summed E-state index contributed by atoms with van der Waals surface area (Å²) in [6.07, 6.45) is 2.00. The largest absolute Gasteiger partial charge is 0.361 e. The van der Waals surface area contributed by atoms with Crippen LogP contribution in [0.25, 0.3) is 33.5 Å². The van der Waals surface area contributed by atoms with Crippen LogP contribution in [0, 0.1) is 0 Å². The lowest BCUT2D eigenvalue weighted by Gasteiger charge is -2.07. The lowest BCUT2D eigenvalue weighted by atomic mass is 9.99. The Kier molecular flexibility index (Phi) is 3.53.